The number of likely N-dealkylation sites (tertiary alicyclic amines) is 1. The minimum absolute atomic E-state index is 0.0249. The molecule has 2 atom stereocenters. The van der Waals surface area contributed by atoms with Crippen LogP contribution in [-0.2, 0) is 16.0 Å². The summed E-state index contributed by atoms with van der Waals surface area (Å²) in [6.45, 7) is 5.83. The predicted molar refractivity (Wildman–Crippen MR) is 121 cm³/mol. The topological polar surface area (TPSA) is 61.4 Å². The first-order valence-corrected chi connectivity index (χ1v) is 12.1. The number of halogens is 3. The number of carbonyl (C=O) groups is 2. The standard InChI is InChI=1S/C25H36F3N3O2/c1-17(29-24(33)20-7-11-25(27,28)12-8-20)15-18(2)31-13-9-22(10-14-31)30-23(32)16-19-3-5-21(26)6-4-19/h3-6,17-18,20,22H,7-16H2,1-2H3,(H,29,33)(H,30,32)/t17-,18+/m0/s1. The van der Waals surface area contributed by atoms with E-state index in [4.69, 9.17) is 0 Å². The van der Waals surface area contributed by atoms with Crippen molar-refractivity contribution in [2.75, 3.05) is 13.1 Å². The van der Waals surface area contributed by atoms with Crippen molar-refractivity contribution < 1.29 is 22.8 Å². The molecule has 2 fully saturated rings. The lowest BCUT2D eigenvalue weighted by molar-refractivity contribution is -0.129. The summed E-state index contributed by atoms with van der Waals surface area (Å²) in [4.78, 5) is 27.1. The third-order valence-electron chi connectivity index (χ3n) is 6.97. The maximum absolute atomic E-state index is 13.3. The van der Waals surface area contributed by atoms with Crippen molar-refractivity contribution in [2.45, 2.75) is 89.3 Å². The number of hydrogen-bond acceptors (Lipinski definition) is 3. The monoisotopic (exact) mass is 467 g/mol. The van der Waals surface area contributed by atoms with Crippen LogP contribution in [0, 0.1) is 11.7 Å². The molecule has 184 valence electrons. The molecule has 0 unspecified atom stereocenters. The Hall–Kier alpha value is -2.09. The summed E-state index contributed by atoms with van der Waals surface area (Å²) < 4.78 is 39.6. The van der Waals surface area contributed by atoms with Gasteiger partial charge in [-0.15, -0.1) is 0 Å². The first-order chi connectivity index (χ1) is 15.6. The fourth-order valence-electron chi connectivity index (χ4n) is 4.93. The average Bonchev–Trinajstić information content (AvgIpc) is 2.75. The molecule has 2 amide bonds. The third kappa shape index (κ3) is 8.02. The van der Waals surface area contributed by atoms with E-state index in [9.17, 15) is 22.8 Å². The summed E-state index contributed by atoms with van der Waals surface area (Å²) in [5.41, 5.74) is 0.790. The third-order valence-corrected chi connectivity index (χ3v) is 6.97. The molecule has 3 rings (SSSR count). The van der Waals surface area contributed by atoms with Gasteiger partial charge < -0.3 is 15.5 Å². The molecule has 1 heterocycles. The van der Waals surface area contributed by atoms with Gasteiger partial charge in [-0.3, -0.25) is 9.59 Å². The molecule has 2 N–H and O–H groups in total. The molecule has 0 radical (unpaired) electrons. The maximum Gasteiger partial charge on any atom is 0.248 e. The average molecular weight is 468 g/mol. The number of nitrogens with zero attached hydrogens (tertiary/aromatic N) is 1. The molecule has 0 aromatic heterocycles. The van der Waals surface area contributed by atoms with Crippen molar-refractivity contribution in [3.05, 3.63) is 35.6 Å². The van der Waals surface area contributed by atoms with E-state index < -0.39 is 5.92 Å². The van der Waals surface area contributed by atoms with E-state index in [2.05, 4.69) is 22.5 Å². The Labute approximate surface area is 194 Å². The molecule has 1 aromatic carbocycles. The van der Waals surface area contributed by atoms with E-state index >= 15 is 0 Å². The zero-order valence-electron chi connectivity index (χ0n) is 19.6. The number of piperidine rings is 1. The van der Waals surface area contributed by atoms with Crippen LogP contribution in [0.25, 0.3) is 0 Å². The van der Waals surface area contributed by atoms with Gasteiger partial charge in [-0.05, 0) is 63.6 Å². The van der Waals surface area contributed by atoms with E-state index in [1.165, 1.54) is 12.1 Å². The first kappa shape index (κ1) is 25.5. The Kier molecular flexibility index (Phi) is 8.79. The summed E-state index contributed by atoms with van der Waals surface area (Å²) in [6.07, 6.45) is 2.84. The van der Waals surface area contributed by atoms with Crippen LogP contribution in [0.1, 0.15) is 64.4 Å². The van der Waals surface area contributed by atoms with Crippen molar-refractivity contribution in [1.82, 2.24) is 15.5 Å². The second-order valence-electron chi connectivity index (χ2n) is 9.81. The van der Waals surface area contributed by atoms with Crippen molar-refractivity contribution in [3.63, 3.8) is 0 Å². The van der Waals surface area contributed by atoms with Crippen LogP contribution >= 0.6 is 0 Å². The molecule has 1 saturated carbocycles. The molecule has 0 spiro atoms. The van der Waals surface area contributed by atoms with E-state index in [1.807, 2.05) is 6.92 Å². The van der Waals surface area contributed by atoms with Crippen LogP contribution < -0.4 is 10.6 Å². The van der Waals surface area contributed by atoms with Crippen molar-refractivity contribution >= 4 is 11.8 Å². The van der Waals surface area contributed by atoms with Crippen LogP contribution in [0.4, 0.5) is 13.2 Å². The lowest BCUT2D eigenvalue weighted by atomic mass is 9.86. The van der Waals surface area contributed by atoms with Gasteiger partial charge in [0, 0.05) is 50.0 Å². The van der Waals surface area contributed by atoms with Gasteiger partial charge in [-0.1, -0.05) is 12.1 Å². The highest BCUT2D eigenvalue weighted by atomic mass is 19.3. The summed E-state index contributed by atoms with van der Waals surface area (Å²) in [7, 11) is 0. The molecule has 1 aliphatic heterocycles. The van der Waals surface area contributed by atoms with Gasteiger partial charge in [-0.2, -0.15) is 0 Å². The largest absolute Gasteiger partial charge is 0.353 e. The van der Waals surface area contributed by atoms with Gasteiger partial charge in [0.1, 0.15) is 5.82 Å². The van der Waals surface area contributed by atoms with Gasteiger partial charge in [0.25, 0.3) is 0 Å². The highest BCUT2D eigenvalue weighted by Crippen LogP contribution is 2.36. The molecule has 0 bridgehead atoms. The second kappa shape index (κ2) is 11.4. The number of amides is 2. The van der Waals surface area contributed by atoms with Gasteiger partial charge in [0.15, 0.2) is 0 Å². The Bertz CT molecular complexity index is 785. The normalized spacial score (nSPS) is 21.8. The van der Waals surface area contributed by atoms with E-state index in [1.54, 1.807) is 12.1 Å². The molecule has 2 aliphatic rings. The minimum Gasteiger partial charge on any atom is -0.353 e. The molecular formula is C25H36F3N3O2. The molecular weight excluding hydrogens is 431 g/mol. The quantitative estimate of drug-likeness (QED) is 0.606. The number of rotatable bonds is 8. The van der Waals surface area contributed by atoms with Gasteiger partial charge >= 0.3 is 0 Å². The van der Waals surface area contributed by atoms with Crippen LogP contribution in [0.2, 0.25) is 0 Å². The smallest absolute Gasteiger partial charge is 0.248 e. The second-order valence-corrected chi connectivity index (χ2v) is 9.81. The molecule has 1 saturated heterocycles. The Balaban J connectivity index is 1.34. The van der Waals surface area contributed by atoms with Crippen LogP contribution in [0.15, 0.2) is 24.3 Å². The summed E-state index contributed by atoms with van der Waals surface area (Å²) >= 11 is 0. The number of benzene rings is 1. The van der Waals surface area contributed by atoms with E-state index in [0.29, 0.717) is 0 Å². The number of hydrogen-bond donors (Lipinski definition) is 2. The SMILES string of the molecule is C[C@H](C[C@H](C)NC(=O)C1CCC(F)(F)CC1)N1CCC(NC(=O)Cc2ccc(F)cc2)CC1. The maximum atomic E-state index is 13.3. The van der Waals surface area contributed by atoms with Crippen molar-refractivity contribution in [3.8, 4) is 0 Å². The molecule has 8 heteroatoms. The van der Waals surface area contributed by atoms with E-state index in [0.717, 1.165) is 37.9 Å². The lowest BCUT2D eigenvalue weighted by Crippen LogP contribution is -2.49. The van der Waals surface area contributed by atoms with Crippen LogP contribution in [-0.4, -0.2) is 53.9 Å². The summed E-state index contributed by atoms with van der Waals surface area (Å²) in [5, 5.41) is 6.10. The summed E-state index contributed by atoms with van der Waals surface area (Å²) in [6, 6.07) is 6.35. The van der Waals surface area contributed by atoms with Crippen LogP contribution in [0.3, 0.4) is 0 Å². The van der Waals surface area contributed by atoms with Gasteiger partial charge in [0.05, 0.1) is 6.42 Å². The predicted octanol–water partition coefficient (Wildman–Crippen LogP) is 4.06. The Morgan fingerprint density at radius 2 is 1.67 bits per heavy atom. The lowest BCUT2D eigenvalue weighted by Gasteiger charge is -2.37. The number of alkyl halides is 2. The first-order valence-electron chi connectivity index (χ1n) is 12.1. The zero-order valence-corrected chi connectivity index (χ0v) is 19.6. The molecule has 1 aliphatic carbocycles. The minimum atomic E-state index is -2.62. The fraction of sp³-hybridized carbons (Fsp3) is 0.680. The van der Waals surface area contributed by atoms with E-state index in [-0.39, 0.29) is 73.8 Å². The number of nitrogens with one attached hydrogen (secondary N) is 2. The molecule has 1 aromatic rings. The Morgan fingerprint density at radius 1 is 1.06 bits per heavy atom. The highest BCUT2D eigenvalue weighted by molar-refractivity contribution is 5.79. The van der Waals surface area contributed by atoms with Crippen molar-refractivity contribution in [1.29, 1.82) is 0 Å². The summed E-state index contributed by atoms with van der Waals surface area (Å²) in [5.74, 6) is -3.40. The van der Waals surface area contributed by atoms with Gasteiger partial charge in [-0.25, -0.2) is 13.2 Å². The zero-order chi connectivity index (χ0) is 24.0. The molecule has 33 heavy (non-hydrogen) atoms. The number of carbonyl (C=O) groups excluding carboxylic acids is 2. The highest BCUT2D eigenvalue weighted by Gasteiger charge is 2.37. The van der Waals surface area contributed by atoms with Crippen molar-refractivity contribution in [2.24, 2.45) is 5.92 Å². The van der Waals surface area contributed by atoms with Gasteiger partial charge in [0.2, 0.25) is 17.7 Å². The Morgan fingerprint density at radius 3 is 2.27 bits per heavy atom. The molecule has 5 nitrogen and oxygen atoms in total. The fourth-order valence-corrected chi connectivity index (χ4v) is 4.93. The van der Waals surface area contributed by atoms with Crippen LogP contribution in [0.5, 0.6) is 0 Å².